The van der Waals surface area contributed by atoms with Gasteiger partial charge < -0.3 is 9.80 Å². The van der Waals surface area contributed by atoms with Gasteiger partial charge in [0.15, 0.2) is 0 Å². The van der Waals surface area contributed by atoms with Gasteiger partial charge in [0.1, 0.15) is 0 Å². The fourth-order valence-electron chi connectivity index (χ4n) is 3.94. The number of hydrogen-bond acceptors (Lipinski definition) is 3. The van der Waals surface area contributed by atoms with E-state index in [-0.39, 0.29) is 22.4 Å². The van der Waals surface area contributed by atoms with E-state index in [9.17, 15) is 9.59 Å². The number of thioether (sulfide) groups is 1. The maximum absolute atomic E-state index is 13.0. The molecule has 1 aliphatic rings. The van der Waals surface area contributed by atoms with Gasteiger partial charge >= 0.3 is 0 Å². The van der Waals surface area contributed by atoms with E-state index in [1.807, 2.05) is 36.4 Å². The first-order chi connectivity index (χ1) is 14.3. The highest BCUT2D eigenvalue weighted by molar-refractivity contribution is 7.99. The van der Waals surface area contributed by atoms with Crippen molar-refractivity contribution in [1.29, 1.82) is 0 Å². The van der Waals surface area contributed by atoms with E-state index in [1.165, 1.54) is 9.80 Å². The molecular formula is C24H23ClN2O2S. The molecule has 0 N–H and O–H groups in total. The smallest absolute Gasteiger partial charge is 0.253 e. The number of carbonyl (C=O) groups is 2. The molecule has 6 heteroatoms. The molecule has 0 radical (unpaired) electrons. The zero-order valence-corrected chi connectivity index (χ0v) is 18.9. The van der Waals surface area contributed by atoms with Crippen LogP contribution in [0.15, 0.2) is 59.5 Å². The Morgan fingerprint density at radius 3 is 1.83 bits per heavy atom. The van der Waals surface area contributed by atoms with Crippen LogP contribution in [0.2, 0.25) is 0 Å². The summed E-state index contributed by atoms with van der Waals surface area (Å²) in [5, 5.41) is 1.38. The average molecular weight is 439 g/mol. The molecule has 0 unspecified atom stereocenters. The zero-order chi connectivity index (χ0) is 21.6. The van der Waals surface area contributed by atoms with Crippen molar-refractivity contribution in [2.75, 3.05) is 28.2 Å². The van der Waals surface area contributed by atoms with Crippen LogP contribution in [-0.2, 0) is 0 Å². The highest BCUT2D eigenvalue weighted by Gasteiger charge is 2.36. The molecule has 0 aliphatic heterocycles. The van der Waals surface area contributed by atoms with Gasteiger partial charge in [0, 0.05) is 49.6 Å². The Morgan fingerprint density at radius 2 is 1.30 bits per heavy atom. The Hall–Kier alpha value is -2.50. The third-order valence-corrected chi connectivity index (χ3v) is 7.33. The number of rotatable bonds is 4. The van der Waals surface area contributed by atoms with Crippen molar-refractivity contribution in [3.63, 3.8) is 0 Å². The summed E-state index contributed by atoms with van der Waals surface area (Å²) in [5.74, 6) is -0.256. The van der Waals surface area contributed by atoms with E-state index in [0.29, 0.717) is 16.5 Å². The first-order valence-corrected chi connectivity index (χ1v) is 11.0. The number of nitrogens with zero attached hydrogens (tertiary/aromatic N) is 2. The van der Waals surface area contributed by atoms with E-state index in [1.54, 1.807) is 46.0 Å². The zero-order valence-electron chi connectivity index (χ0n) is 17.3. The monoisotopic (exact) mass is 438 g/mol. The van der Waals surface area contributed by atoms with Gasteiger partial charge in [-0.2, -0.15) is 0 Å². The molecule has 2 atom stereocenters. The molecule has 0 aromatic heterocycles. The number of carbonyl (C=O) groups excluding carboxylic acids is 2. The number of benzene rings is 3. The third kappa shape index (κ3) is 3.36. The summed E-state index contributed by atoms with van der Waals surface area (Å²) in [4.78, 5) is 30.1. The molecule has 3 aromatic rings. The second kappa shape index (κ2) is 7.97. The van der Waals surface area contributed by atoms with Crippen LogP contribution < -0.4 is 0 Å². The maximum Gasteiger partial charge on any atom is 0.253 e. The highest BCUT2D eigenvalue weighted by Crippen LogP contribution is 2.56. The summed E-state index contributed by atoms with van der Waals surface area (Å²) in [6.07, 6.45) is 0. The minimum atomic E-state index is -0.249. The van der Waals surface area contributed by atoms with E-state index in [4.69, 9.17) is 11.6 Å². The van der Waals surface area contributed by atoms with Crippen molar-refractivity contribution in [2.24, 2.45) is 0 Å². The lowest BCUT2D eigenvalue weighted by molar-refractivity contribution is 0.0828. The predicted octanol–water partition coefficient (Wildman–Crippen LogP) is 5.37. The van der Waals surface area contributed by atoms with Gasteiger partial charge in [-0.25, -0.2) is 0 Å². The summed E-state index contributed by atoms with van der Waals surface area (Å²) in [6, 6.07) is 17.7. The van der Waals surface area contributed by atoms with Crippen molar-refractivity contribution < 1.29 is 9.59 Å². The van der Waals surface area contributed by atoms with Gasteiger partial charge in [-0.1, -0.05) is 30.3 Å². The summed E-state index contributed by atoms with van der Waals surface area (Å²) in [7, 11) is 6.88. The Bertz CT molecular complexity index is 1120. The van der Waals surface area contributed by atoms with Crippen molar-refractivity contribution in [3.8, 4) is 0 Å². The molecule has 0 bridgehead atoms. The van der Waals surface area contributed by atoms with E-state index in [2.05, 4.69) is 12.1 Å². The largest absolute Gasteiger partial charge is 0.345 e. The average Bonchev–Trinajstić information content (AvgIpc) is 3.01. The van der Waals surface area contributed by atoms with Crippen molar-refractivity contribution in [2.45, 2.75) is 15.5 Å². The molecule has 30 heavy (non-hydrogen) atoms. The molecule has 2 amide bonds. The Kier molecular flexibility index (Phi) is 5.51. The third-order valence-electron chi connectivity index (χ3n) is 5.37. The van der Waals surface area contributed by atoms with E-state index >= 15 is 0 Å². The minimum Gasteiger partial charge on any atom is -0.345 e. The van der Waals surface area contributed by atoms with Crippen molar-refractivity contribution >= 4 is 45.9 Å². The van der Waals surface area contributed by atoms with E-state index < -0.39 is 0 Å². The van der Waals surface area contributed by atoms with Crippen LogP contribution in [-0.4, -0.2) is 49.8 Å². The second-order valence-electron chi connectivity index (χ2n) is 7.81. The second-order valence-corrected chi connectivity index (χ2v) is 9.49. The Morgan fingerprint density at radius 1 is 0.767 bits per heavy atom. The normalized spacial score (nSPS) is 17.2. The molecule has 0 saturated carbocycles. The van der Waals surface area contributed by atoms with Crippen molar-refractivity contribution in [1.82, 2.24) is 9.80 Å². The first kappa shape index (κ1) is 20.8. The Labute approximate surface area is 185 Å². The van der Waals surface area contributed by atoms with Crippen LogP contribution in [0.4, 0.5) is 0 Å². The minimum absolute atomic E-state index is 0.000201. The number of hydrogen-bond donors (Lipinski definition) is 0. The molecule has 154 valence electrons. The van der Waals surface area contributed by atoms with Crippen LogP contribution in [0.3, 0.4) is 0 Å². The SMILES string of the molecule is CN(C)C(=O)c1ccc2c3c(ccc(C(=O)N(C)C)c13)[C@H](Sc1ccccc1)[C@H]2Cl. The maximum atomic E-state index is 13.0. The molecule has 3 aromatic carbocycles. The predicted molar refractivity (Wildman–Crippen MR) is 124 cm³/mol. The first-order valence-electron chi connectivity index (χ1n) is 9.70. The molecule has 1 aliphatic carbocycles. The van der Waals surface area contributed by atoms with E-state index in [0.717, 1.165) is 21.4 Å². The molecule has 0 saturated heterocycles. The topological polar surface area (TPSA) is 40.6 Å². The van der Waals surface area contributed by atoms with Gasteiger partial charge in [0.05, 0.1) is 10.6 Å². The van der Waals surface area contributed by atoms with Gasteiger partial charge in [0.2, 0.25) is 0 Å². The van der Waals surface area contributed by atoms with Gasteiger partial charge in [-0.3, -0.25) is 9.59 Å². The van der Waals surface area contributed by atoms with Crippen LogP contribution in [0.5, 0.6) is 0 Å². The lowest BCUT2D eigenvalue weighted by Crippen LogP contribution is -2.25. The summed E-state index contributed by atoms with van der Waals surface area (Å²) in [5.41, 5.74) is 3.09. The van der Waals surface area contributed by atoms with Crippen LogP contribution in [0.25, 0.3) is 10.8 Å². The Balaban J connectivity index is 1.96. The lowest BCUT2D eigenvalue weighted by Gasteiger charge is -2.18. The fourth-order valence-corrected chi connectivity index (χ4v) is 5.61. The number of halogens is 1. The molecule has 0 spiro atoms. The summed E-state index contributed by atoms with van der Waals surface area (Å²) < 4.78 is 0. The lowest BCUT2D eigenvalue weighted by atomic mass is 9.94. The van der Waals surface area contributed by atoms with Gasteiger partial charge in [0.25, 0.3) is 11.8 Å². The standard InChI is InChI=1S/C24H23ClN2O2S/c1-26(2)23(28)17-12-10-15-19-16(11-13-18(20(17)19)24(29)27(3)4)22(21(15)25)30-14-8-6-5-7-9-14/h5-13,21-22H,1-4H3/t21-,22-/m0/s1. The molecule has 0 fully saturated rings. The summed E-state index contributed by atoms with van der Waals surface area (Å²) in [6.45, 7) is 0. The van der Waals surface area contributed by atoms with Gasteiger partial charge in [-0.15, -0.1) is 23.4 Å². The molecule has 0 heterocycles. The molecule has 4 nitrogen and oxygen atoms in total. The number of alkyl halides is 1. The van der Waals surface area contributed by atoms with Crippen molar-refractivity contribution in [3.05, 3.63) is 76.9 Å². The quantitative estimate of drug-likeness (QED) is 0.514. The van der Waals surface area contributed by atoms with Crippen LogP contribution in [0.1, 0.15) is 42.5 Å². The van der Waals surface area contributed by atoms with Gasteiger partial charge in [-0.05, 0) is 40.8 Å². The van der Waals surface area contributed by atoms with Crippen LogP contribution in [0, 0.1) is 0 Å². The summed E-state index contributed by atoms with van der Waals surface area (Å²) >= 11 is 8.65. The van der Waals surface area contributed by atoms with Crippen LogP contribution >= 0.6 is 23.4 Å². The highest BCUT2D eigenvalue weighted by atomic mass is 35.5. The fraction of sp³-hybridized carbons (Fsp3) is 0.250. The molecule has 4 rings (SSSR count). The number of amides is 2. The molecular weight excluding hydrogens is 416 g/mol.